The van der Waals surface area contributed by atoms with E-state index in [0.29, 0.717) is 11.5 Å². The predicted molar refractivity (Wildman–Crippen MR) is 58.6 cm³/mol. The Labute approximate surface area is 92.7 Å². The van der Waals surface area contributed by atoms with Crippen molar-refractivity contribution in [1.29, 1.82) is 0 Å². The van der Waals surface area contributed by atoms with E-state index in [0.717, 1.165) is 18.5 Å². The molecule has 0 spiro atoms. The van der Waals surface area contributed by atoms with E-state index in [2.05, 4.69) is 10.3 Å². The van der Waals surface area contributed by atoms with Crippen molar-refractivity contribution in [1.82, 2.24) is 10.3 Å². The fourth-order valence-electron chi connectivity index (χ4n) is 2.13. The number of halogens is 1. The van der Waals surface area contributed by atoms with E-state index >= 15 is 0 Å². The van der Waals surface area contributed by atoms with E-state index in [4.69, 9.17) is 4.42 Å². The smallest absolute Gasteiger partial charge is 0.212 e. The normalized spacial score (nSPS) is 21.4. The van der Waals surface area contributed by atoms with E-state index in [-0.39, 0.29) is 11.9 Å². The first-order valence-corrected chi connectivity index (χ1v) is 5.62. The molecule has 1 aliphatic heterocycles. The zero-order valence-corrected chi connectivity index (χ0v) is 8.87. The second-order valence-electron chi connectivity index (χ2n) is 4.17. The zero-order chi connectivity index (χ0) is 11.0. The molecular formula is C12H13FN2O. The van der Waals surface area contributed by atoms with Gasteiger partial charge in [0.2, 0.25) is 5.89 Å². The number of aromatic nitrogens is 1. The molecule has 1 aromatic heterocycles. The van der Waals surface area contributed by atoms with E-state index < -0.39 is 0 Å². The minimum atomic E-state index is -0.285. The fourth-order valence-corrected chi connectivity index (χ4v) is 2.13. The Bertz CT molecular complexity index is 503. The summed E-state index contributed by atoms with van der Waals surface area (Å²) in [4.78, 5) is 4.38. The Morgan fingerprint density at radius 2 is 2.31 bits per heavy atom. The predicted octanol–water partition coefficient (Wildman–Crippen LogP) is 2.78. The number of rotatable bonds is 1. The number of nitrogens with one attached hydrogen (secondary N) is 1. The van der Waals surface area contributed by atoms with Crippen LogP contribution in [0.5, 0.6) is 0 Å². The van der Waals surface area contributed by atoms with Crippen LogP contribution in [-0.4, -0.2) is 11.5 Å². The lowest BCUT2D eigenvalue weighted by atomic mass is 10.1. The zero-order valence-electron chi connectivity index (χ0n) is 8.87. The lowest BCUT2D eigenvalue weighted by molar-refractivity contribution is 0.347. The first-order chi connectivity index (χ1) is 7.83. The maximum absolute atomic E-state index is 13.0. The molecule has 1 fully saturated rings. The Hall–Kier alpha value is -1.42. The number of hydrogen-bond acceptors (Lipinski definition) is 3. The fraction of sp³-hybridized carbons (Fsp3) is 0.417. The SMILES string of the molecule is Fc1ccc2nc(C3CCCCN3)oc2c1. The highest BCUT2D eigenvalue weighted by Gasteiger charge is 2.20. The lowest BCUT2D eigenvalue weighted by Crippen LogP contribution is -2.26. The van der Waals surface area contributed by atoms with E-state index in [1.54, 1.807) is 6.07 Å². The molecule has 3 rings (SSSR count). The van der Waals surface area contributed by atoms with E-state index in [1.807, 2.05) is 0 Å². The van der Waals surface area contributed by atoms with Crippen molar-refractivity contribution in [3.63, 3.8) is 0 Å². The highest BCUT2D eigenvalue weighted by Crippen LogP contribution is 2.26. The molecule has 1 aliphatic rings. The topological polar surface area (TPSA) is 38.1 Å². The quantitative estimate of drug-likeness (QED) is 0.803. The third-order valence-corrected chi connectivity index (χ3v) is 2.98. The van der Waals surface area contributed by atoms with Gasteiger partial charge in [-0.15, -0.1) is 0 Å². The summed E-state index contributed by atoms with van der Waals surface area (Å²) < 4.78 is 18.6. The Morgan fingerprint density at radius 1 is 1.38 bits per heavy atom. The lowest BCUT2D eigenvalue weighted by Gasteiger charge is -2.19. The van der Waals surface area contributed by atoms with E-state index in [1.165, 1.54) is 25.0 Å². The summed E-state index contributed by atoms with van der Waals surface area (Å²) in [6, 6.07) is 4.63. The Morgan fingerprint density at radius 3 is 3.12 bits per heavy atom. The van der Waals surface area contributed by atoms with Crippen LogP contribution in [0.4, 0.5) is 4.39 Å². The Kier molecular flexibility index (Phi) is 2.36. The molecule has 2 heterocycles. The third kappa shape index (κ3) is 1.69. The van der Waals surface area contributed by atoms with E-state index in [9.17, 15) is 4.39 Å². The second-order valence-corrected chi connectivity index (χ2v) is 4.17. The molecule has 1 aromatic carbocycles. The average Bonchev–Trinajstić information content (AvgIpc) is 2.73. The summed E-state index contributed by atoms with van der Waals surface area (Å²) in [5, 5.41) is 3.36. The van der Waals surface area contributed by atoms with Crippen molar-refractivity contribution in [2.24, 2.45) is 0 Å². The van der Waals surface area contributed by atoms with Crippen molar-refractivity contribution >= 4 is 11.1 Å². The summed E-state index contributed by atoms with van der Waals surface area (Å²) in [7, 11) is 0. The van der Waals surface area contributed by atoms with Gasteiger partial charge >= 0.3 is 0 Å². The van der Waals surface area contributed by atoms with Gasteiger partial charge in [0.25, 0.3) is 0 Å². The molecule has 1 N–H and O–H groups in total. The molecule has 1 saturated heterocycles. The number of piperidine rings is 1. The van der Waals surface area contributed by atoms with Gasteiger partial charge in [-0.3, -0.25) is 0 Å². The van der Waals surface area contributed by atoms with Gasteiger partial charge < -0.3 is 9.73 Å². The van der Waals surface area contributed by atoms with Gasteiger partial charge in [-0.1, -0.05) is 6.42 Å². The van der Waals surface area contributed by atoms with Crippen LogP contribution in [0.3, 0.4) is 0 Å². The molecular weight excluding hydrogens is 207 g/mol. The van der Waals surface area contributed by atoms with Crippen LogP contribution >= 0.6 is 0 Å². The molecule has 2 aromatic rings. The van der Waals surface area contributed by atoms with Crippen LogP contribution in [0.25, 0.3) is 11.1 Å². The molecule has 3 nitrogen and oxygen atoms in total. The average molecular weight is 220 g/mol. The first-order valence-electron chi connectivity index (χ1n) is 5.62. The van der Waals surface area contributed by atoms with Crippen LogP contribution in [0.1, 0.15) is 31.2 Å². The minimum Gasteiger partial charge on any atom is -0.439 e. The van der Waals surface area contributed by atoms with Crippen molar-refractivity contribution in [3.05, 3.63) is 29.9 Å². The minimum absolute atomic E-state index is 0.184. The highest BCUT2D eigenvalue weighted by molar-refractivity contribution is 5.72. The highest BCUT2D eigenvalue weighted by atomic mass is 19.1. The Balaban J connectivity index is 1.97. The number of benzene rings is 1. The molecule has 1 unspecified atom stereocenters. The third-order valence-electron chi connectivity index (χ3n) is 2.98. The summed E-state index contributed by atoms with van der Waals surface area (Å²) in [6.07, 6.45) is 3.42. The maximum atomic E-state index is 13.0. The number of fused-ring (bicyclic) bond motifs is 1. The van der Waals surface area contributed by atoms with Crippen molar-refractivity contribution in [3.8, 4) is 0 Å². The second kappa shape index (κ2) is 3.87. The van der Waals surface area contributed by atoms with Crippen LogP contribution in [0.15, 0.2) is 22.6 Å². The molecule has 0 saturated carbocycles. The summed E-state index contributed by atoms with van der Waals surface area (Å²) >= 11 is 0. The van der Waals surface area contributed by atoms with Gasteiger partial charge in [0.05, 0.1) is 6.04 Å². The standard InChI is InChI=1S/C12H13FN2O/c13-8-4-5-9-11(7-8)16-12(15-9)10-3-1-2-6-14-10/h4-5,7,10,14H,1-3,6H2. The number of hydrogen-bond donors (Lipinski definition) is 1. The summed E-state index contributed by atoms with van der Waals surface area (Å²) in [5.74, 6) is 0.395. The monoisotopic (exact) mass is 220 g/mol. The maximum Gasteiger partial charge on any atom is 0.212 e. The van der Waals surface area contributed by atoms with Crippen LogP contribution in [-0.2, 0) is 0 Å². The molecule has 0 amide bonds. The number of oxazole rings is 1. The summed E-state index contributed by atoms with van der Waals surface area (Å²) in [5.41, 5.74) is 1.26. The van der Waals surface area contributed by atoms with Crippen molar-refractivity contribution in [2.45, 2.75) is 25.3 Å². The number of nitrogens with zero attached hydrogens (tertiary/aromatic N) is 1. The molecule has 0 aliphatic carbocycles. The van der Waals surface area contributed by atoms with Gasteiger partial charge in [0.1, 0.15) is 11.3 Å². The van der Waals surface area contributed by atoms with Crippen LogP contribution < -0.4 is 5.32 Å². The van der Waals surface area contributed by atoms with Gasteiger partial charge in [-0.05, 0) is 31.5 Å². The van der Waals surface area contributed by atoms with Crippen molar-refractivity contribution < 1.29 is 8.81 Å². The van der Waals surface area contributed by atoms with Gasteiger partial charge in [0.15, 0.2) is 5.58 Å². The first kappa shape index (κ1) is 9.78. The van der Waals surface area contributed by atoms with Crippen LogP contribution in [0.2, 0.25) is 0 Å². The molecule has 16 heavy (non-hydrogen) atoms. The summed E-state index contributed by atoms with van der Waals surface area (Å²) in [6.45, 7) is 0.998. The van der Waals surface area contributed by atoms with Crippen LogP contribution in [0, 0.1) is 5.82 Å². The van der Waals surface area contributed by atoms with Gasteiger partial charge in [-0.2, -0.15) is 0 Å². The molecule has 0 bridgehead atoms. The molecule has 0 radical (unpaired) electrons. The van der Waals surface area contributed by atoms with Gasteiger partial charge in [-0.25, -0.2) is 9.37 Å². The molecule has 4 heteroatoms. The molecule has 84 valence electrons. The molecule has 1 atom stereocenters. The van der Waals surface area contributed by atoms with Crippen molar-refractivity contribution in [2.75, 3.05) is 6.54 Å². The largest absolute Gasteiger partial charge is 0.439 e. The van der Waals surface area contributed by atoms with Gasteiger partial charge in [0, 0.05) is 6.07 Å².